The van der Waals surface area contributed by atoms with Gasteiger partial charge in [-0.3, -0.25) is 0 Å². The molecule has 3 rings (SSSR count). The van der Waals surface area contributed by atoms with Crippen LogP contribution in [0.4, 0.5) is 0 Å². The Morgan fingerprint density at radius 1 is 1.47 bits per heavy atom. The van der Waals surface area contributed by atoms with Crippen LogP contribution in [0.25, 0.3) is 11.0 Å². The molecule has 100 valence electrons. The van der Waals surface area contributed by atoms with E-state index in [1.54, 1.807) is 0 Å². The van der Waals surface area contributed by atoms with Crippen molar-refractivity contribution >= 4 is 17.0 Å². The molecule has 0 unspecified atom stereocenters. The molecule has 0 saturated heterocycles. The predicted molar refractivity (Wildman–Crippen MR) is 76.8 cm³/mol. The number of para-hydroxylation sites is 2. The molecule has 1 heterocycles. The van der Waals surface area contributed by atoms with Crippen LogP contribution in [0.3, 0.4) is 0 Å². The molecule has 0 aliphatic heterocycles. The standard InChI is InChI=1S/C14H19N5/c1-18(10-7-8-10)14(15)16-9-13-17-11-5-3-4-6-12(11)19(13)2/h3-6,10H,7-9H2,1-2H3,(H2,15,16). The first-order valence-electron chi connectivity index (χ1n) is 6.60. The molecular weight excluding hydrogens is 238 g/mol. The summed E-state index contributed by atoms with van der Waals surface area (Å²) in [4.78, 5) is 11.1. The van der Waals surface area contributed by atoms with E-state index in [9.17, 15) is 0 Å². The fourth-order valence-electron chi connectivity index (χ4n) is 2.25. The van der Waals surface area contributed by atoms with Crippen LogP contribution in [0.1, 0.15) is 18.7 Å². The smallest absolute Gasteiger partial charge is 0.191 e. The Morgan fingerprint density at radius 3 is 2.89 bits per heavy atom. The van der Waals surface area contributed by atoms with Gasteiger partial charge in [-0.2, -0.15) is 0 Å². The Labute approximate surface area is 112 Å². The summed E-state index contributed by atoms with van der Waals surface area (Å²) in [5.41, 5.74) is 8.12. The van der Waals surface area contributed by atoms with Gasteiger partial charge < -0.3 is 15.2 Å². The van der Waals surface area contributed by atoms with E-state index >= 15 is 0 Å². The van der Waals surface area contributed by atoms with Crippen molar-refractivity contribution in [2.75, 3.05) is 7.05 Å². The Kier molecular flexibility index (Phi) is 2.89. The number of aryl methyl sites for hydroxylation is 1. The highest BCUT2D eigenvalue weighted by atomic mass is 15.3. The molecule has 2 N–H and O–H groups in total. The van der Waals surface area contributed by atoms with Crippen LogP contribution in [-0.4, -0.2) is 33.5 Å². The second kappa shape index (κ2) is 4.57. The summed E-state index contributed by atoms with van der Waals surface area (Å²) in [7, 11) is 4.02. The largest absolute Gasteiger partial charge is 0.370 e. The van der Waals surface area contributed by atoms with E-state index in [-0.39, 0.29) is 0 Å². The van der Waals surface area contributed by atoms with Gasteiger partial charge in [0.1, 0.15) is 12.4 Å². The lowest BCUT2D eigenvalue weighted by molar-refractivity contribution is 0.487. The van der Waals surface area contributed by atoms with Crippen molar-refractivity contribution in [1.29, 1.82) is 0 Å². The molecule has 0 bridgehead atoms. The maximum absolute atomic E-state index is 5.99. The molecule has 2 aromatic rings. The Hall–Kier alpha value is -2.04. The van der Waals surface area contributed by atoms with Crippen LogP contribution in [0.15, 0.2) is 29.3 Å². The first kappa shape index (κ1) is 12.0. The van der Waals surface area contributed by atoms with Crippen LogP contribution in [0, 0.1) is 0 Å². The van der Waals surface area contributed by atoms with E-state index in [1.165, 1.54) is 12.8 Å². The lowest BCUT2D eigenvalue weighted by Crippen LogP contribution is -2.35. The average molecular weight is 257 g/mol. The Morgan fingerprint density at radius 2 is 2.21 bits per heavy atom. The van der Waals surface area contributed by atoms with E-state index in [0.29, 0.717) is 18.5 Å². The normalized spacial score (nSPS) is 16.0. The van der Waals surface area contributed by atoms with Gasteiger partial charge >= 0.3 is 0 Å². The van der Waals surface area contributed by atoms with Crippen molar-refractivity contribution < 1.29 is 0 Å². The topological polar surface area (TPSA) is 59.4 Å². The molecule has 1 aliphatic carbocycles. The predicted octanol–water partition coefficient (Wildman–Crippen LogP) is 1.48. The van der Waals surface area contributed by atoms with Crippen LogP contribution in [0.2, 0.25) is 0 Å². The summed E-state index contributed by atoms with van der Waals surface area (Å²) in [6.45, 7) is 0.522. The zero-order valence-electron chi connectivity index (χ0n) is 11.4. The number of aromatic nitrogens is 2. The third-order valence-corrected chi connectivity index (χ3v) is 3.72. The van der Waals surface area contributed by atoms with Crippen LogP contribution < -0.4 is 5.73 Å². The summed E-state index contributed by atoms with van der Waals surface area (Å²) >= 11 is 0. The molecule has 1 aliphatic rings. The fraction of sp³-hybridized carbons (Fsp3) is 0.429. The van der Waals surface area contributed by atoms with E-state index in [4.69, 9.17) is 5.73 Å². The molecule has 0 amide bonds. The van der Waals surface area contributed by atoms with Crippen molar-refractivity contribution in [3.05, 3.63) is 30.1 Å². The van der Waals surface area contributed by atoms with Gasteiger partial charge in [0.15, 0.2) is 5.96 Å². The lowest BCUT2D eigenvalue weighted by atomic mass is 10.3. The summed E-state index contributed by atoms with van der Waals surface area (Å²) in [6.07, 6.45) is 2.44. The van der Waals surface area contributed by atoms with Crippen LogP contribution in [-0.2, 0) is 13.6 Å². The van der Waals surface area contributed by atoms with Gasteiger partial charge in [0.2, 0.25) is 0 Å². The monoisotopic (exact) mass is 257 g/mol. The molecule has 0 atom stereocenters. The molecule has 1 saturated carbocycles. The van der Waals surface area contributed by atoms with Gasteiger partial charge in [-0.25, -0.2) is 9.98 Å². The van der Waals surface area contributed by atoms with Gasteiger partial charge in [-0.05, 0) is 25.0 Å². The number of hydrogen-bond acceptors (Lipinski definition) is 2. The van der Waals surface area contributed by atoms with Gasteiger partial charge in [0.25, 0.3) is 0 Å². The van der Waals surface area contributed by atoms with Crippen molar-refractivity contribution in [2.45, 2.75) is 25.4 Å². The van der Waals surface area contributed by atoms with Crippen LogP contribution in [0.5, 0.6) is 0 Å². The second-order valence-electron chi connectivity index (χ2n) is 5.09. The highest BCUT2D eigenvalue weighted by molar-refractivity contribution is 5.79. The summed E-state index contributed by atoms with van der Waals surface area (Å²) in [5.74, 6) is 1.54. The second-order valence-corrected chi connectivity index (χ2v) is 5.09. The number of guanidine groups is 1. The quantitative estimate of drug-likeness (QED) is 0.669. The van der Waals surface area contributed by atoms with Crippen molar-refractivity contribution in [3.63, 3.8) is 0 Å². The molecule has 19 heavy (non-hydrogen) atoms. The average Bonchev–Trinajstić information content (AvgIpc) is 3.22. The highest BCUT2D eigenvalue weighted by Gasteiger charge is 2.27. The summed E-state index contributed by atoms with van der Waals surface area (Å²) in [6, 6.07) is 8.69. The molecule has 5 heteroatoms. The molecule has 1 aromatic carbocycles. The number of nitrogens with two attached hydrogens (primary N) is 1. The maximum atomic E-state index is 5.99. The van der Waals surface area contributed by atoms with E-state index in [0.717, 1.165) is 16.9 Å². The first-order chi connectivity index (χ1) is 9.16. The van der Waals surface area contributed by atoms with Crippen LogP contribution >= 0.6 is 0 Å². The first-order valence-corrected chi connectivity index (χ1v) is 6.60. The number of nitrogens with zero attached hydrogens (tertiary/aromatic N) is 4. The molecular formula is C14H19N5. The Bertz CT molecular complexity index is 624. The van der Waals surface area contributed by atoms with Gasteiger partial charge in [0.05, 0.1) is 11.0 Å². The zero-order chi connectivity index (χ0) is 13.4. The molecule has 1 aromatic heterocycles. The highest BCUT2D eigenvalue weighted by Crippen LogP contribution is 2.25. The summed E-state index contributed by atoms with van der Waals surface area (Å²) < 4.78 is 2.07. The van der Waals surface area contributed by atoms with Crippen molar-refractivity contribution in [2.24, 2.45) is 17.8 Å². The maximum Gasteiger partial charge on any atom is 0.191 e. The minimum absolute atomic E-state index is 0.522. The van der Waals surface area contributed by atoms with Crippen molar-refractivity contribution in [1.82, 2.24) is 14.5 Å². The van der Waals surface area contributed by atoms with Gasteiger partial charge in [-0.1, -0.05) is 12.1 Å². The third-order valence-electron chi connectivity index (χ3n) is 3.72. The number of aliphatic imine (C=N–C) groups is 1. The minimum Gasteiger partial charge on any atom is -0.370 e. The zero-order valence-corrected chi connectivity index (χ0v) is 11.4. The molecule has 1 fully saturated rings. The van der Waals surface area contributed by atoms with E-state index < -0.39 is 0 Å². The molecule has 0 radical (unpaired) electrons. The number of fused-ring (bicyclic) bond motifs is 1. The number of imidazole rings is 1. The van der Waals surface area contributed by atoms with E-state index in [2.05, 4.69) is 25.5 Å². The van der Waals surface area contributed by atoms with Gasteiger partial charge in [-0.15, -0.1) is 0 Å². The number of hydrogen-bond donors (Lipinski definition) is 1. The minimum atomic E-state index is 0.522. The lowest BCUT2D eigenvalue weighted by Gasteiger charge is -2.16. The number of rotatable bonds is 3. The van der Waals surface area contributed by atoms with Gasteiger partial charge in [0, 0.05) is 20.1 Å². The SMILES string of the molecule is CN(C(N)=NCc1nc2ccccc2n1C)C1CC1. The van der Waals surface area contributed by atoms with E-state index in [1.807, 2.05) is 32.3 Å². The fourth-order valence-corrected chi connectivity index (χ4v) is 2.25. The number of benzene rings is 1. The molecule has 0 spiro atoms. The Balaban J connectivity index is 1.81. The van der Waals surface area contributed by atoms with Crippen molar-refractivity contribution in [3.8, 4) is 0 Å². The molecule has 5 nitrogen and oxygen atoms in total. The third kappa shape index (κ3) is 2.28. The summed E-state index contributed by atoms with van der Waals surface area (Å²) in [5, 5.41) is 0.